The fourth-order valence-electron chi connectivity index (χ4n) is 3.22. The molecule has 0 unspecified atom stereocenters. The van der Waals surface area contributed by atoms with Gasteiger partial charge in [-0.1, -0.05) is 18.2 Å². The smallest absolute Gasteiger partial charge is 0.0506 e. The molecule has 0 spiro atoms. The van der Waals surface area contributed by atoms with E-state index >= 15 is 0 Å². The summed E-state index contributed by atoms with van der Waals surface area (Å²) < 4.78 is 5.57. The van der Waals surface area contributed by atoms with Gasteiger partial charge in [0.25, 0.3) is 0 Å². The standard InChI is InChI=1S/C17H24N2O/c1-13-15-7-3-4-8-16(15)18-17(13)11-19(2)10-14-6-5-9-20-12-14/h3-4,7-8,14,18H,5-6,9-12H2,1-2H3/t14-/m1/s1. The van der Waals surface area contributed by atoms with Crippen molar-refractivity contribution in [2.75, 3.05) is 26.8 Å². The first-order valence-electron chi connectivity index (χ1n) is 7.56. The fraction of sp³-hybridized carbons (Fsp3) is 0.529. The number of hydrogen-bond donors (Lipinski definition) is 1. The molecule has 0 radical (unpaired) electrons. The van der Waals surface area contributed by atoms with Gasteiger partial charge in [0.1, 0.15) is 0 Å². The summed E-state index contributed by atoms with van der Waals surface area (Å²) in [6, 6.07) is 8.54. The Labute approximate surface area is 120 Å². The predicted octanol–water partition coefficient (Wildman–Crippen LogP) is 3.33. The summed E-state index contributed by atoms with van der Waals surface area (Å²) in [7, 11) is 2.21. The molecule has 1 saturated heterocycles. The normalized spacial score (nSPS) is 19.9. The third-order valence-electron chi connectivity index (χ3n) is 4.32. The zero-order valence-electron chi connectivity index (χ0n) is 12.5. The fourth-order valence-corrected chi connectivity index (χ4v) is 3.22. The van der Waals surface area contributed by atoms with Crippen LogP contribution in [-0.2, 0) is 11.3 Å². The first-order chi connectivity index (χ1) is 9.74. The highest BCUT2D eigenvalue weighted by molar-refractivity contribution is 5.84. The number of H-pyrrole nitrogens is 1. The summed E-state index contributed by atoms with van der Waals surface area (Å²) >= 11 is 0. The number of ether oxygens (including phenoxy) is 1. The first-order valence-corrected chi connectivity index (χ1v) is 7.56. The minimum atomic E-state index is 0.693. The lowest BCUT2D eigenvalue weighted by atomic mass is 10.0. The van der Waals surface area contributed by atoms with E-state index in [1.165, 1.54) is 35.0 Å². The van der Waals surface area contributed by atoms with E-state index in [0.717, 1.165) is 26.3 Å². The van der Waals surface area contributed by atoms with Crippen LogP contribution in [0.1, 0.15) is 24.1 Å². The molecule has 108 valence electrons. The van der Waals surface area contributed by atoms with Crippen molar-refractivity contribution in [3.8, 4) is 0 Å². The van der Waals surface area contributed by atoms with Crippen molar-refractivity contribution in [3.63, 3.8) is 0 Å². The van der Waals surface area contributed by atoms with E-state index in [1.54, 1.807) is 0 Å². The van der Waals surface area contributed by atoms with Crippen LogP contribution in [0, 0.1) is 12.8 Å². The van der Waals surface area contributed by atoms with Crippen LogP contribution >= 0.6 is 0 Å². The predicted molar refractivity (Wildman–Crippen MR) is 82.9 cm³/mol. The zero-order chi connectivity index (χ0) is 13.9. The van der Waals surface area contributed by atoms with Crippen molar-refractivity contribution < 1.29 is 4.74 Å². The van der Waals surface area contributed by atoms with Gasteiger partial charge in [0.2, 0.25) is 0 Å². The molecule has 3 rings (SSSR count). The highest BCUT2D eigenvalue weighted by atomic mass is 16.5. The maximum Gasteiger partial charge on any atom is 0.0506 e. The van der Waals surface area contributed by atoms with Gasteiger partial charge in [0, 0.05) is 36.3 Å². The van der Waals surface area contributed by atoms with Crippen LogP contribution in [0.2, 0.25) is 0 Å². The molecule has 2 heterocycles. The number of hydrogen-bond acceptors (Lipinski definition) is 2. The molecule has 0 saturated carbocycles. The van der Waals surface area contributed by atoms with Gasteiger partial charge in [0.05, 0.1) is 6.61 Å². The van der Waals surface area contributed by atoms with Crippen LogP contribution in [0.15, 0.2) is 24.3 Å². The molecule has 2 aromatic rings. The summed E-state index contributed by atoms with van der Waals surface area (Å²) in [5.74, 6) is 0.693. The average molecular weight is 272 g/mol. The van der Waals surface area contributed by atoms with Crippen molar-refractivity contribution in [3.05, 3.63) is 35.5 Å². The Balaban J connectivity index is 1.67. The number of aryl methyl sites for hydroxylation is 1. The quantitative estimate of drug-likeness (QED) is 0.924. The summed E-state index contributed by atoms with van der Waals surface area (Å²) in [6.07, 6.45) is 2.51. The number of nitrogens with zero attached hydrogens (tertiary/aromatic N) is 1. The lowest BCUT2D eigenvalue weighted by Gasteiger charge is -2.27. The van der Waals surface area contributed by atoms with Gasteiger partial charge in [-0.15, -0.1) is 0 Å². The zero-order valence-corrected chi connectivity index (χ0v) is 12.5. The molecular weight excluding hydrogens is 248 g/mol. The third-order valence-corrected chi connectivity index (χ3v) is 4.32. The van der Waals surface area contributed by atoms with Crippen LogP contribution in [0.25, 0.3) is 10.9 Å². The van der Waals surface area contributed by atoms with Gasteiger partial charge in [-0.05, 0) is 44.4 Å². The molecule has 3 nitrogen and oxygen atoms in total. The van der Waals surface area contributed by atoms with Gasteiger partial charge < -0.3 is 14.6 Å². The van der Waals surface area contributed by atoms with Crippen LogP contribution in [-0.4, -0.2) is 36.7 Å². The number of benzene rings is 1. The van der Waals surface area contributed by atoms with Crippen LogP contribution in [0.3, 0.4) is 0 Å². The second-order valence-electron chi connectivity index (χ2n) is 6.05. The van der Waals surface area contributed by atoms with Crippen LogP contribution in [0.5, 0.6) is 0 Å². The number of para-hydroxylation sites is 1. The summed E-state index contributed by atoms with van der Waals surface area (Å²) in [6.45, 7) is 6.19. The van der Waals surface area contributed by atoms with Gasteiger partial charge in [-0.2, -0.15) is 0 Å². The minimum absolute atomic E-state index is 0.693. The highest BCUT2D eigenvalue weighted by Crippen LogP contribution is 2.23. The SMILES string of the molecule is Cc1c(CN(C)C[C@H]2CCCOC2)[nH]c2ccccc12. The summed E-state index contributed by atoms with van der Waals surface area (Å²) in [5, 5.41) is 1.34. The molecule has 0 bridgehead atoms. The molecule has 1 aliphatic heterocycles. The van der Waals surface area contributed by atoms with E-state index in [9.17, 15) is 0 Å². The van der Waals surface area contributed by atoms with E-state index in [1.807, 2.05) is 0 Å². The topological polar surface area (TPSA) is 28.3 Å². The monoisotopic (exact) mass is 272 g/mol. The van der Waals surface area contributed by atoms with E-state index in [0.29, 0.717) is 5.92 Å². The van der Waals surface area contributed by atoms with Crippen molar-refractivity contribution in [2.45, 2.75) is 26.3 Å². The largest absolute Gasteiger partial charge is 0.381 e. The minimum Gasteiger partial charge on any atom is -0.381 e. The maximum atomic E-state index is 5.57. The summed E-state index contributed by atoms with van der Waals surface area (Å²) in [5.41, 5.74) is 3.96. The highest BCUT2D eigenvalue weighted by Gasteiger charge is 2.17. The van der Waals surface area contributed by atoms with E-state index in [-0.39, 0.29) is 0 Å². The third kappa shape index (κ3) is 2.89. The molecule has 1 aromatic carbocycles. The Hall–Kier alpha value is -1.32. The average Bonchev–Trinajstić information content (AvgIpc) is 2.77. The summed E-state index contributed by atoms with van der Waals surface area (Å²) in [4.78, 5) is 5.97. The molecule has 1 N–H and O–H groups in total. The Morgan fingerprint density at radius 3 is 2.95 bits per heavy atom. The Morgan fingerprint density at radius 1 is 1.35 bits per heavy atom. The van der Waals surface area contributed by atoms with E-state index < -0.39 is 0 Å². The molecule has 3 heteroatoms. The Morgan fingerprint density at radius 2 is 2.20 bits per heavy atom. The molecule has 0 aliphatic carbocycles. The second kappa shape index (κ2) is 5.98. The van der Waals surface area contributed by atoms with Gasteiger partial charge in [-0.25, -0.2) is 0 Å². The Bertz CT molecular complexity index is 569. The molecule has 1 aliphatic rings. The second-order valence-corrected chi connectivity index (χ2v) is 6.05. The molecule has 20 heavy (non-hydrogen) atoms. The van der Waals surface area contributed by atoms with Crippen molar-refractivity contribution in [1.29, 1.82) is 0 Å². The van der Waals surface area contributed by atoms with Crippen molar-refractivity contribution in [2.24, 2.45) is 5.92 Å². The van der Waals surface area contributed by atoms with Crippen LogP contribution in [0.4, 0.5) is 0 Å². The van der Waals surface area contributed by atoms with Gasteiger partial charge >= 0.3 is 0 Å². The maximum absolute atomic E-state index is 5.57. The number of aromatic amines is 1. The first kappa shape index (κ1) is 13.7. The van der Waals surface area contributed by atoms with E-state index in [2.05, 4.69) is 48.1 Å². The Kier molecular flexibility index (Phi) is 4.08. The number of aromatic nitrogens is 1. The van der Waals surface area contributed by atoms with Crippen molar-refractivity contribution in [1.82, 2.24) is 9.88 Å². The molecule has 1 fully saturated rings. The van der Waals surface area contributed by atoms with Gasteiger partial charge in [-0.3, -0.25) is 0 Å². The number of rotatable bonds is 4. The molecule has 1 atom stereocenters. The number of fused-ring (bicyclic) bond motifs is 1. The lowest BCUT2D eigenvalue weighted by molar-refractivity contribution is 0.0410. The molecule has 0 amide bonds. The molecular formula is C17H24N2O. The lowest BCUT2D eigenvalue weighted by Crippen LogP contribution is -2.30. The van der Waals surface area contributed by atoms with Crippen LogP contribution < -0.4 is 0 Å². The van der Waals surface area contributed by atoms with E-state index in [4.69, 9.17) is 4.74 Å². The van der Waals surface area contributed by atoms with Gasteiger partial charge in [0.15, 0.2) is 0 Å². The number of nitrogens with one attached hydrogen (secondary N) is 1. The van der Waals surface area contributed by atoms with Crippen molar-refractivity contribution >= 4 is 10.9 Å². The molecule has 1 aromatic heterocycles.